The summed E-state index contributed by atoms with van der Waals surface area (Å²) in [5.74, 6) is 1.94. The van der Waals surface area contributed by atoms with Crippen LogP contribution in [0.3, 0.4) is 0 Å². The second-order valence-corrected chi connectivity index (χ2v) is 6.33. The van der Waals surface area contributed by atoms with Crippen LogP contribution in [0.15, 0.2) is 34.9 Å². The Labute approximate surface area is 124 Å². The molecule has 1 aliphatic carbocycles. The van der Waals surface area contributed by atoms with Gasteiger partial charge in [0.05, 0.1) is 5.54 Å². The van der Waals surface area contributed by atoms with Gasteiger partial charge in [-0.3, -0.25) is 4.90 Å². The number of hydrogen-bond acceptors (Lipinski definition) is 5. The number of aromatic nitrogens is 2. The zero-order valence-corrected chi connectivity index (χ0v) is 12.0. The zero-order chi connectivity index (χ0) is 14.3. The quantitative estimate of drug-likeness (QED) is 0.930. The molecule has 2 heterocycles. The molecule has 5 heteroatoms. The lowest BCUT2D eigenvalue weighted by molar-refractivity contribution is 0.294. The molecule has 5 nitrogen and oxygen atoms in total. The topological polar surface area (TPSA) is 68.2 Å². The Morgan fingerprint density at radius 2 is 2.10 bits per heavy atom. The predicted molar refractivity (Wildman–Crippen MR) is 78.5 cm³/mol. The lowest BCUT2D eigenvalue weighted by atomic mass is 9.99. The Hall–Kier alpha value is -1.72. The van der Waals surface area contributed by atoms with Crippen LogP contribution < -0.4 is 5.73 Å². The van der Waals surface area contributed by atoms with Gasteiger partial charge in [-0.05, 0) is 24.8 Å². The van der Waals surface area contributed by atoms with Gasteiger partial charge < -0.3 is 10.3 Å². The second-order valence-electron chi connectivity index (χ2n) is 6.33. The molecular weight excluding hydrogens is 264 g/mol. The van der Waals surface area contributed by atoms with Crippen molar-refractivity contribution >= 4 is 0 Å². The highest BCUT2D eigenvalue weighted by molar-refractivity contribution is 5.16. The van der Waals surface area contributed by atoms with Gasteiger partial charge in [-0.25, -0.2) is 0 Å². The van der Waals surface area contributed by atoms with Crippen LogP contribution >= 0.6 is 0 Å². The Kier molecular flexibility index (Phi) is 3.05. The van der Waals surface area contributed by atoms with Crippen LogP contribution in [-0.2, 0) is 12.1 Å². The van der Waals surface area contributed by atoms with E-state index in [0.717, 1.165) is 31.9 Å². The van der Waals surface area contributed by atoms with Gasteiger partial charge in [0.1, 0.15) is 0 Å². The molecule has 1 unspecified atom stereocenters. The highest BCUT2D eigenvalue weighted by atomic mass is 16.5. The molecule has 1 saturated carbocycles. The van der Waals surface area contributed by atoms with Crippen LogP contribution in [0.2, 0.25) is 0 Å². The first-order valence-corrected chi connectivity index (χ1v) is 7.62. The van der Waals surface area contributed by atoms with E-state index in [1.54, 1.807) is 0 Å². The van der Waals surface area contributed by atoms with Gasteiger partial charge in [-0.15, -0.1) is 0 Å². The summed E-state index contributed by atoms with van der Waals surface area (Å²) in [4.78, 5) is 6.90. The molecule has 0 bridgehead atoms. The molecule has 1 aromatic heterocycles. The van der Waals surface area contributed by atoms with Crippen LogP contribution in [0.5, 0.6) is 0 Å². The number of rotatable bonds is 4. The number of hydrogen-bond donors (Lipinski definition) is 1. The molecule has 0 spiro atoms. The molecule has 1 aromatic carbocycles. The molecule has 1 aliphatic heterocycles. The van der Waals surface area contributed by atoms with E-state index in [2.05, 4.69) is 39.3 Å². The third-order valence-electron chi connectivity index (χ3n) is 4.44. The number of nitrogens with zero attached hydrogens (tertiary/aromatic N) is 3. The van der Waals surface area contributed by atoms with Crippen molar-refractivity contribution in [3.05, 3.63) is 47.6 Å². The van der Waals surface area contributed by atoms with Gasteiger partial charge in [-0.2, -0.15) is 4.98 Å². The lowest BCUT2D eigenvalue weighted by Gasteiger charge is -2.21. The minimum atomic E-state index is -0.467. The van der Waals surface area contributed by atoms with Gasteiger partial charge in [0.2, 0.25) is 5.89 Å². The van der Waals surface area contributed by atoms with E-state index in [4.69, 9.17) is 10.3 Å². The number of likely N-dealkylation sites (tertiary alicyclic amines) is 1. The van der Waals surface area contributed by atoms with Crippen molar-refractivity contribution < 1.29 is 4.52 Å². The van der Waals surface area contributed by atoms with Gasteiger partial charge in [0, 0.05) is 25.6 Å². The Morgan fingerprint density at radius 3 is 2.86 bits per heavy atom. The summed E-state index contributed by atoms with van der Waals surface area (Å²) in [6.45, 7) is 2.68. The molecule has 110 valence electrons. The molecule has 2 aromatic rings. The minimum Gasteiger partial charge on any atom is -0.339 e. The average Bonchev–Trinajstić information content (AvgIpc) is 3.09. The van der Waals surface area contributed by atoms with E-state index in [0.29, 0.717) is 11.7 Å². The summed E-state index contributed by atoms with van der Waals surface area (Å²) in [7, 11) is 0. The van der Waals surface area contributed by atoms with Crippen molar-refractivity contribution in [3.63, 3.8) is 0 Å². The van der Waals surface area contributed by atoms with Crippen molar-refractivity contribution in [2.45, 2.75) is 37.3 Å². The molecule has 0 amide bonds. The molecule has 21 heavy (non-hydrogen) atoms. The van der Waals surface area contributed by atoms with Crippen LogP contribution in [0.25, 0.3) is 0 Å². The first kappa shape index (κ1) is 13.0. The van der Waals surface area contributed by atoms with Gasteiger partial charge in [-0.1, -0.05) is 35.5 Å². The van der Waals surface area contributed by atoms with Crippen molar-refractivity contribution in [1.82, 2.24) is 15.0 Å². The van der Waals surface area contributed by atoms with Crippen LogP contribution in [0.4, 0.5) is 0 Å². The third kappa shape index (κ3) is 2.59. The molecule has 2 aliphatic rings. The summed E-state index contributed by atoms with van der Waals surface area (Å²) in [5.41, 5.74) is 7.38. The summed E-state index contributed by atoms with van der Waals surface area (Å²) in [5, 5.41) is 4.13. The standard InChI is InChI=1S/C16H20N4O/c17-16(15-18-14(21-19-15)13-6-7-13)8-9-20(11-16)10-12-4-2-1-3-5-12/h1-5,13H,6-11,17H2. The van der Waals surface area contributed by atoms with Crippen molar-refractivity contribution in [2.75, 3.05) is 13.1 Å². The largest absolute Gasteiger partial charge is 0.339 e. The van der Waals surface area contributed by atoms with Gasteiger partial charge in [0.25, 0.3) is 0 Å². The van der Waals surface area contributed by atoms with Crippen LogP contribution in [-0.4, -0.2) is 28.1 Å². The fourth-order valence-electron chi connectivity index (χ4n) is 3.01. The predicted octanol–water partition coefficient (Wildman–Crippen LogP) is 2.01. The van der Waals surface area contributed by atoms with E-state index in [-0.39, 0.29) is 0 Å². The number of nitrogens with two attached hydrogens (primary N) is 1. The van der Waals surface area contributed by atoms with Gasteiger partial charge >= 0.3 is 0 Å². The summed E-state index contributed by atoms with van der Waals surface area (Å²) < 4.78 is 5.36. The maximum atomic E-state index is 6.53. The molecule has 2 N–H and O–H groups in total. The fraction of sp³-hybridized carbons (Fsp3) is 0.500. The average molecular weight is 284 g/mol. The molecule has 0 radical (unpaired) electrons. The Balaban J connectivity index is 1.46. The molecule has 2 fully saturated rings. The Bertz CT molecular complexity index is 622. The highest BCUT2D eigenvalue weighted by Gasteiger charge is 2.41. The van der Waals surface area contributed by atoms with E-state index < -0.39 is 5.54 Å². The van der Waals surface area contributed by atoms with Crippen molar-refractivity contribution in [3.8, 4) is 0 Å². The lowest BCUT2D eigenvalue weighted by Crippen LogP contribution is -2.40. The SMILES string of the molecule is NC1(c2noc(C3CC3)n2)CCN(Cc2ccccc2)C1. The summed E-state index contributed by atoms with van der Waals surface area (Å²) in [6.07, 6.45) is 3.21. The Morgan fingerprint density at radius 1 is 1.29 bits per heavy atom. The molecule has 1 atom stereocenters. The maximum Gasteiger partial charge on any atom is 0.229 e. The smallest absolute Gasteiger partial charge is 0.229 e. The first-order chi connectivity index (χ1) is 10.2. The summed E-state index contributed by atoms with van der Waals surface area (Å²) in [6, 6.07) is 10.5. The van der Waals surface area contributed by atoms with E-state index >= 15 is 0 Å². The van der Waals surface area contributed by atoms with Crippen LogP contribution in [0.1, 0.15) is 42.5 Å². The maximum absolute atomic E-state index is 6.53. The highest BCUT2D eigenvalue weighted by Crippen LogP contribution is 2.40. The summed E-state index contributed by atoms with van der Waals surface area (Å²) >= 11 is 0. The third-order valence-corrected chi connectivity index (χ3v) is 4.44. The van der Waals surface area contributed by atoms with E-state index in [1.165, 1.54) is 18.4 Å². The van der Waals surface area contributed by atoms with Gasteiger partial charge in [0.15, 0.2) is 5.82 Å². The number of benzene rings is 1. The first-order valence-electron chi connectivity index (χ1n) is 7.62. The van der Waals surface area contributed by atoms with Crippen molar-refractivity contribution in [2.24, 2.45) is 5.73 Å². The molecule has 1 saturated heterocycles. The zero-order valence-electron chi connectivity index (χ0n) is 12.0. The van der Waals surface area contributed by atoms with E-state index in [9.17, 15) is 0 Å². The van der Waals surface area contributed by atoms with Crippen LogP contribution in [0, 0.1) is 0 Å². The molecule has 4 rings (SSSR count). The van der Waals surface area contributed by atoms with E-state index in [1.807, 2.05) is 6.07 Å². The minimum absolute atomic E-state index is 0.467. The normalized spacial score (nSPS) is 26.3. The second kappa shape index (κ2) is 4.93. The van der Waals surface area contributed by atoms with Crippen molar-refractivity contribution in [1.29, 1.82) is 0 Å². The monoisotopic (exact) mass is 284 g/mol. The fourth-order valence-corrected chi connectivity index (χ4v) is 3.01. The molecular formula is C16H20N4O.